The lowest BCUT2D eigenvalue weighted by Gasteiger charge is -2.29. The maximum Gasteiger partial charge on any atom is 0.311 e. The van der Waals surface area contributed by atoms with Gasteiger partial charge < -0.3 is 4.74 Å². The van der Waals surface area contributed by atoms with Crippen LogP contribution in [0.25, 0.3) is 0 Å². The van der Waals surface area contributed by atoms with Crippen LogP contribution in [0.15, 0.2) is 24.3 Å². The number of unbranched alkanes of at least 4 members (excludes halogenated alkanes) is 1. The average Bonchev–Trinajstić information content (AvgIpc) is 2.56. The Morgan fingerprint density at radius 1 is 1.24 bits per heavy atom. The molecule has 0 N–H and O–H groups in total. The number of rotatable bonds is 11. The SMILES string of the molecule is CCCN(C)C(CCCCC(C)(C)C(=O)OCC)c1ccccc1Cl. The van der Waals surface area contributed by atoms with Gasteiger partial charge in [0.1, 0.15) is 0 Å². The fourth-order valence-electron chi connectivity index (χ4n) is 3.20. The van der Waals surface area contributed by atoms with Crippen LogP contribution < -0.4 is 0 Å². The first-order chi connectivity index (χ1) is 11.8. The summed E-state index contributed by atoms with van der Waals surface area (Å²) in [5.41, 5.74) is 0.787. The van der Waals surface area contributed by atoms with E-state index in [2.05, 4.69) is 31.0 Å². The summed E-state index contributed by atoms with van der Waals surface area (Å²) in [6.07, 6.45) is 5.07. The summed E-state index contributed by atoms with van der Waals surface area (Å²) in [4.78, 5) is 14.4. The van der Waals surface area contributed by atoms with Gasteiger partial charge in [0.05, 0.1) is 12.0 Å². The molecule has 1 atom stereocenters. The Morgan fingerprint density at radius 2 is 1.92 bits per heavy atom. The summed E-state index contributed by atoms with van der Waals surface area (Å²) in [6, 6.07) is 8.44. The molecule has 0 heterocycles. The molecule has 1 unspecified atom stereocenters. The van der Waals surface area contributed by atoms with Gasteiger partial charge in [-0.1, -0.05) is 49.6 Å². The van der Waals surface area contributed by atoms with Crippen LogP contribution in [0.4, 0.5) is 0 Å². The molecule has 0 spiro atoms. The molecule has 0 saturated heterocycles. The molecular formula is C21H34ClNO2. The van der Waals surface area contributed by atoms with Gasteiger partial charge in [-0.15, -0.1) is 0 Å². The van der Waals surface area contributed by atoms with Crippen molar-refractivity contribution in [1.82, 2.24) is 4.90 Å². The van der Waals surface area contributed by atoms with Crippen LogP contribution in [0.1, 0.15) is 71.4 Å². The molecular weight excluding hydrogens is 334 g/mol. The minimum absolute atomic E-state index is 0.0965. The van der Waals surface area contributed by atoms with Gasteiger partial charge in [-0.05, 0) is 65.3 Å². The number of hydrogen-bond donors (Lipinski definition) is 0. The van der Waals surface area contributed by atoms with E-state index in [1.54, 1.807) is 0 Å². The maximum absolute atomic E-state index is 12.0. The largest absolute Gasteiger partial charge is 0.466 e. The zero-order chi connectivity index (χ0) is 18.9. The summed E-state index contributed by atoms with van der Waals surface area (Å²) < 4.78 is 5.18. The molecule has 3 nitrogen and oxygen atoms in total. The van der Waals surface area contributed by atoms with Gasteiger partial charge in [-0.3, -0.25) is 9.69 Å². The lowest BCUT2D eigenvalue weighted by atomic mass is 9.86. The van der Waals surface area contributed by atoms with E-state index >= 15 is 0 Å². The number of esters is 1. The number of hydrogen-bond acceptors (Lipinski definition) is 3. The van der Waals surface area contributed by atoms with Gasteiger partial charge in [0.2, 0.25) is 0 Å². The van der Waals surface area contributed by atoms with Crippen molar-refractivity contribution < 1.29 is 9.53 Å². The average molecular weight is 368 g/mol. The first kappa shape index (κ1) is 22.0. The van der Waals surface area contributed by atoms with Crippen LogP contribution >= 0.6 is 11.6 Å². The number of halogens is 1. The number of nitrogens with zero attached hydrogens (tertiary/aromatic N) is 1. The topological polar surface area (TPSA) is 29.5 Å². The predicted molar refractivity (Wildman–Crippen MR) is 106 cm³/mol. The summed E-state index contributed by atoms with van der Waals surface area (Å²) in [7, 11) is 2.17. The van der Waals surface area contributed by atoms with Crippen molar-refractivity contribution in [3.8, 4) is 0 Å². The van der Waals surface area contributed by atoms with Gasteiger partial charge in [-0.2, -0.15) is 0 Å². The third-order valence-electron chi connectivity index (χ3n) is 4.73. The molecule has 0 amide bonds. The van der Waals surface area contributed by atoms with Crippen LogP contribution in [-0.4, -0.2) is 31.1 Å². The van der Waals surface area contributed by atoms with Crippen LogP contribution in [0, 0.1) is 5.41 Å². The Labute approximate surface area is 158 Å². The normalized spacial score (nSPS) is 13.1. The number of carbonyl (C=O) groups excluding carboxylic acids is 1. The first-order valence-electron chi connectivity index (χ1n) is 9.45. The Bertz CT molecular complexity index is 530. The van der Waals surface area contributed by atoms with Gasteiger partial charge in [0.25, 0.3) is 0 Å². The molecule has 0 bridgehead atoms. The van der Waals surface area contributed by atoms with Crippen LogP contribution in [0.5, 0.6) is 0 Å². The van der Waals surface area contributed by atoms with Crippen molar-refractivity contribution in [2.75, 3.05) is 20.2 Å². The summed E-state index contributed by atoms with van der Waals surface area (Å²) in [5, 5.41) is 0.835. The van der Waals surface area contributed by atoms with Crippen molar-refractivity contribution in [3.05, 3.63) is 34.9 Å². The van der Waals surface area contributed by atoms with Crippen molar-refractivity contribution in [2.45, 2.75) is 65.8 Å². The smallest absolute Gasteiger partial charge is 0.311 e. The van der Waals surface area contributed by atoms with E-state index in [9.17, 15) is 4.79 Å². The first-order valence-corrected chi connectivity index (χ1v) is 9.83. The highest BCUT2D eigenvalue weighted by atomic mass is 35.5. The molecule has 4 heteroatoms. The van der Waals surface area contributed by atoms with Crippen LogP contribution in [0.3, 0.4) is 0 Å². The van der Waals surface area contributed by atoms with Gasteiger partial charge >= 0.3 is 5.97 Å². The third kappa shape index (κ3) is 6.99. The molecule has 142 valence electrons. The van der Waals surface area contributed by atoms with Crippen molar-refractivity contribution in [1.29, 1.82) is 0 Å². The standard InChI is InChI=1S/C21H34ClNO2/c1-6-16-23(5)19(17-12-8-9-13-18(17)22)14-10-11-15-21(3,4)20(24)25-7-2/h8-9,12-13,19H,6-7,10-11,14-16H2,1-5H3. The van der Waals surface area contributed by atoms with Crippen LogP contribution in [0.2, 0.25) is 5.02 Å². The molecule has 0 aliphatic carbocycles. The highest BCUT2D eigenvalue weighted by Crippen LogP contribution is 2.32. The lowest BCUT2D eigenvalue weighted by molar-refractivity contribution is -0.153. The third-order valence-corrected chi connectivity index (χ3v) is 5.07. The molecule has 0 fully saturated rings. The zero-order valence-corrected chi connectivity index (χ0v) is 17.2. The quantitative estimate of drug-likeness (QED) is 0.361. The second kappa shape index (κ2) is 10.8. The Morgan fingerprint density at radius 3 is 2.52 bits per heavy atom. The van der Waals surface area contributed by atoms with E-state index < -0.39 is 5.41 Å². The highest BCUT2D eigenvalue weighted by molar-refractivity contribution is 6.31. The predicted octanol–water partition coefficient (Wildman–Crippen LogP) is 5.87. The monoisotopic (exact) mass is 367 g/mol. The van der Waals surface area contributed by atoms with E-state index in [0.29, 0.717) is 12.6 Å². The molecule has 1 aromatic rings. The van der Waals surface area contributed by atoms with E-state index in [-0.39, 0.29) is 5.97 Å². The highest BCUT2D eigenvalue weighted by Gasteiger charge is 2.28. The molecule has 1 rings (SSSR count). The molecule has 0 aliphatic rings. The minimum atomic E-state index is -0.411. The maximum atomic E-state index is 12.0. The molecule has 0 aromatic heterocycles. The zero-order valence-electron chi connectivity index (χ0n) is 16.5. The Kier molecular flexibility index (Phi) is 9.52. The number of carbonyl (C=O) groups is 1. The summed E-state index contributed by atoms with van der Waals surface area (Å²) >= 11 is 6.44. The summed E-state index contributed by atoms with van der Waals surface area (Å²) in [6.45, 7) is 9.48. The van der Waals surface area contributed by atoms with Gasteiger partial charge in [-0.25, -0.2) is 0 Å². The van der Waals surface area contributed by atoms with Gasteiger partial charge in [0.15, 0.2) is 0 Å². The molecule has 0 saturated carbocycles. The van der Waals surface area contributed by atoms with Crippen molar-refractivity contribution >= 4 is 17.6 Å². The lowest BCUT2D eigenvalue weighted by Crippen LogP contribution is -2.27. The molecule has 0 aliphatic heterocycles. The van der Waals surface area contributed by atoms with E-state index in [0.717, 1.165) is 43.7 Å². The fraction of sp³-hybridized carbons (Fsp3) is 0.667. The van der Waals surface area contributed by atoms with E-state index in [1.807, 2.05) is 32.9 Å². The van der Waals surface area contributed by atoms with E-state index in [4.69, 9.17) is 16.3 Å². The van der Waals surface area contributed by atoms with Crippen molar-refractivity contribution in [2.24, 2.45) is 5.41 Å². The minimum Gasteiger partial charge on any atom is -0.466 e. The number of ether oxygens (including phenoxy) is 1. The second-order valence-corrected chi connectivity index (χ2v) is 7.78. The Balaban J connectivity index is 2.65. The van der Waals surface area contributed by atoms with E-state index in [1.165, 1.54) is 5.56 Å². The molecule has 1 aromatic carbocycles. The molecule has 25 heavy (non-hydrogen) atoms. The van der Waals surface area contributed by atoms with Crippen LogP contribution in [-0.2, 0) is 9.53 Å². The van der Waals surface area contributed by atoms with Crippen molar-refractivity contribution in [3.63, 3.8) is 0 Å². The summed E-state index contributed by atoms with van der Waals surface area (Å²) in [5.74, 6) is -0.0965. The van der Waals surface area contributed by atoms with Gasteiger partial charge in [0, 0.05) is 11.1 Å². The number of benzene rings is 1. The second-order valence-electron chi connectivity index (χ2n) is 7.37. The Hall–Kier alpha value is -1.06. The molecule has 0 radical (unpaired) electrons. The fourth-order valence-corrected chi connectivity index (χ4v) is 3.46.